The fourth-order valence-corrected chi connectivity index (χ4v) is 0. The van der Waals surface area contributed by atoms with Crippen molar-refractivity contribution in [2.75, 3.05) is 0 Å². The Bertz CT molecular complexity index is 1110. The van der Waals surface area contributed by atoms with Crippen LogP contribution in [0.2, 0.25) is 0 Å². The van der Waals surface area contributed by atoms with Gasteiger partial charge in [-0.3, -0.25) is 0 Å². The summed E-state index contributed by atoms with van der Waals surface area (Å²) in [5.41, 5.74) is 0. The summed E-state index contributed by atoms with van der Waals surface area (Å²) in [4.78, 5) is 113. The molecule has 0 heterocycles. The van der Waals surface area contributed by atoms with Crippen molar-refractivity contribution in [2.45, 2.75) is 156 Å². The van der Waals surface area contributed by atoms with Crippen molar-refractivity contribution in [3.05, 3.63) is 0 Å². The van der Waals surface area contributed by atoms with Gasteiger partial charge in [-0.1, -0.05) is 0 Å². The molecule has 0 aliphatic rings. The minimum atomic E-state index is -1.23. The molecule has 0 fully saturated rings. The third-order valence-electron chi connectivity index (χ3n) is 4.29. The predicted molar refractivity (Wildman–Crippen MR) is 235 cm³/mol. The van der Waals surface area contributed by atoms with Gasteiger partial charge in [0, 0.05) is 0 Å². The van der Waals surface area contributed by atoms with Crippen LogP contribution in [0.4, 0.5) is 0 Å². The fourth-order valence-electron chi connectivity index (χ4n) is 0. The normalized spacial score (nSPS) is 13.1. The largest absolute Gasteiger partial charge is 1.00 e. The van der Waals surface area contributed by atoms with E-state index in [0.717, 1.165) is 0 Å². The Morgan fingerprint density at radius 2 is 0.187 bits per heavy atom. The Labute approximate surface area is 497 Å². The third-order valence-corrected chi connectivity index (χ3v) is 4.29. The molecule has 12 atom stereocenters. The molecule has 0 aromatic heterocycles. The minimum Gasteiger partial charge on any atom is -1.00 e. The van der Waals surface area contributed by atoms with Crippen molar-refractivity contribution >= 4 is 71.6 Å². The second-order valence-corrected chi connectivity index (χ2v) is 12.2. The van der Waals surface area contributed by atoms with Crippen molar-refractivity contribution < 1.29 is 273 Å². The van der Waals surface area contributed by atoms with Gasteiger partial charge in [0.2, 0.25) is 0 Å². The van der Waals surface area contributed by atoms with E-state index in [0.29, 0.717) is 0 Å². The number of aliphatic hydroxyl groups is 12. The molecular weight excluding hydrogens is 1080 g/mol. The van der Waals surface area contributed by atoms with Crippen molar-refractivity contribution in [1.82, 2.24) is 0 Å². The summed E-state index contributed by atoms with van der Waals surface area (Å²) >= 11 is 0. The molecule has 0 saturated carbocycles. The van der Waals surface area contributed by atoms with Gasteiger partial charge in [-0.25, -0.2) is 57.5 Å². The summed E-state index contributed by atoms with van der Waals surface area (Å²) in [6.07, 6.45) is -14.8. The van der Waals surface area contributed by atoms with E-state index in [1.165, 1.54) is 83.1 Å². The fraction of sp³-hybridized carbons (Fsp3) is 0.667. The molecule has 0 aliphatic carbocycles. The van der Waals surface area contributed by atoms with Crippen LogP contribution in [0.3, 0.4) is 0 Å². The molecule has 24 N–H and O–H groups in total. The number of carbonyl (C=O) groups is 12. The maximum absolute atomic E-state index is 9.45. The van der Waals surface area contributed by atoms with E-state index < -0.39 is 145 Å². The summed E-state index contributed by atoms with van der Waals surface area (Å²) in [7, 11) is 0. The van der Waals surface area contributed by atoms with E-state index in [4.69, 9.17) is 123 Å². The average molecular weight is 1150 g/mol. The molecule has 12 unspecified atom stereocenters. The van der Waals surface area contributed by atoms with E-state index in [1.807, 2.05) is 0 Å². The van der Waals surface area contributed by atoms with Crippen LogP contribution in [0, 0.1) is 0 Å². The smallest absolute Gasteiger partial charge is 1.00 e. The summed E-state index contributed by atoms with van der Waals surface area (Å²) < 4.78 is 0. The number of carboxylic acid groups (broad SMARTS) is 12. The zero-order valence-corrected chi connectivity index (χ0v) is 49.6. The van der Waals surface area contributed by atoms with Crippen LogP contribution >= 0.6 is 0 Å². The maximum Gasteiger partial charge on any atom is 1.00 e. The van der Waals surface area contributed by atoms with Gasteiger partial charge in [-0.05, 0) is 83.1 Å². The average Bonchev–Trinajstić information content (AvgIpc) is 3.19. The molecule has 0 spiro atoms. The Morgan fingerprint density at radius 1 is 0.173 bits per heavy atom. The first-order chi connectivity index (χ1) is 31.7. The molecule has 438 valence electrons. The van der Waals surface area contributed by atoms with E-state index in [9.17, 15) is 57.5 Å². The van der Waals surface area contributed by atoms with Crippen LogP contribution in [-0.4, -0.2) is 267 Å². The molecule has 0 aliphatic heterocycles. The first kappa shape index (κ1) is 111. The van der Waals surface area contributed by atoms with Gasteiger partial charge in [0.15, 0.2) is 0 Å². The third kappa shape index (κ3) is 167. The molecule has 39 heteroatoms. The topological polar surface area (TPSA) is 690 Å². The number of hydrogen-bond acceptors (Lipinski definition) is 24. The van der Waals surface area contributed by atoms with Crippen molar-refractivity contribution in [2.24, 2.45) is 0 Å². The van der Waals surface area contributed by atoms with Crippen LogP contribution in [0.1, 0.15) is 87.4 Å². The molecule has 0 aromatic carbocycles. The summed E-state index contributed by atoms with van der Waals surface area (Å²) in [5, 5.41) is 189. The molecule has 0 aromatic rings. The van der Waals surface area contributed by atoms with Gasteiger partial charge in [-0.2, -0.15) is 0 Å². The van der Waals surface area contributed by atoms with Gasteiger partial charge in [-0.15, -0.1) is 0 Å². The van der Waals surface area contributed by atoms with E-state index in [2.05, 4.69) is 0 Å². The van der Waals surface area contributed by atoms with Gasteiger partial charge >= 0.3 is 160 Å². The Kier molecular flexibility index (Phi) is 107. The Balaban J connectivity index is -0.0000000312. The first-order valence-electron chi connectivity index (χ1n) is 18.6. The number of aliphatic carboxylic acids is 12. The summed E-state index contributed by atoms with van der Waals surface area (Å²) in [5.74, 6) is -14.2. The quantitative estimate of drug-likeness (QED) is 0.0807. The van der Waals surface area contributed by atoms with E-state index >= 15 is 0 Å². The number of aliphatic hydroxyl groups excluding tert-OH is 12. The zero-order chi connectivity index (χ0) is 61.9. The van der Waals surface area contributed by atoms with Gasteiger partial charge in [0.05, 0.1) is 0 Å². The minimum absolute atomic E-state index is 0. The van der Waals surface area contributed by atoms with Crippen molar-refractivity contribution in [3.8, 4) is 0 Å². The number of carboxylic acids is 12. The number of rotatable bonds is 12. The van der Waals surface area contributed by atoms with Crippen molar-refractivity contribution in [1.29, 1.82) is 0 Å². The van der Waals surface area contributed by atoms with Crippen LogP contribution < -0.4 is 88.7 Å². The molecule has 0 bridgehead atoms. The molecule has 36 nitrogen and oxygen atoms in total. The summed E-state index contributed by atoms with van der Waals surface area (Å²) in [6.45, 7) is 14.4. The predicted octanol–water partition coefficient (Wildman–Crippen LogP) is -15.2. The maximum atomic E-state index is 9.45. The van der Waals surface area contributed by atoms with Gasteiger partial charge in [0.25, 0.3) is 0 Å². The first-order valence-corrected chi connectivity index (χ1v) is 18.6. The second kappa shape index (κ2) is 72.2. The van der Waals surface area contributed by atoms with Crippen molar-refractivity contribution in [3.63, 3.8) is 0 Å². The molecule has 0 radical (unpaired) electrons. The summed E-state index contributed by atoms with van der Waals surface area (Å²) in [6, 6.07) is 0. The molecule has 0 rings (SSSR count). The monoisotopic (exact) mass is 1150 g/mol. The van der Waals surface area contributed by atoms with Gasteiger partial charge in [0.1, 0.15) is 73.2 Å². The number of hydrogen-bond donors (Lipinski definition) is 24. The van der Waals surface area contributed by atoms with E-state index in [-0.39, 0.29) is 93.0 Å². The van der Waals surface area contributed by atoms with Crippen LogP contribution in [-0.2, 0) is 57.5 Å². The second-order valence-electron chi connectivity index (χ2n) is 12.2. The molecule has 0 saturated heterocycles. The van der Waals surface area contributed by atoms with E-state index in [1.54, 1.807) is 0 Å². The van der Waals surface area contributed by atoms with Crippen LogP contribution in [0.15, 0.2) is 0 Å². The molecular formula is C36H75Na3O36. The van der Waals surface area contributed by atoms with Crippen LogP contribution in [0.25, 0.3) is 0 Å². The molecule has 0 amide bonds. The van der Waals surface area contributed by atoms with Crippen LogP contribution in [0.5, 0.6) is 0 Å². The van der Waals surface area contributed by atoms with Gasteiger partial charge < -0.3 is 127 Å². The zero-order valence-electron chi connectivity index (χ0n) is 46.6. The Hall–Kier alpha value is -3.84. The standard InChI is InChI=1S/12C3H6O3.3Na.3H/c12*1-2(4)3(5)6;;;;;;/h12*2,4H,1H3,(H,5,6);;;;;;/q;;;;;;;;;;;;3*+1;3*-1. The SMILES string of the molecule is CC(O)C(=O)O.CC(O)C(=O)O.CC(O)C(=O)O.CC(O)C(=O)O.CC(O)C(=O)O.CC(O)C(=O)O.CC(O)C(=O)O.CC(O)C(=O)O.CC(O)C(=O)O.CC(O)C(=O)O.CC(O)C(=O)O.CC(O)C(=O)O.[H-].[H-].[H-].[Na+].[Na+].[Na+]. The Morgan fingerprint density at radius 3 is 0.187 bits per heavy atom. The molecule has 75 heavy (non-hydrogen) atoms.